The largest absolute Gasteiger partial charge is 0.366 e. The molecular formula is C21H26N2O2S. The van der Waals surface area contributed by atoms with E-state index in [2.05, 4.69) is 32.2 Å². The molecule has 26 heavy (non-hydrogen) atoms. The Balaban J connectivity index is 1.63. The van der Waals surface area contributed by atoms with Crippen molar-refractivity contribution in [3.05, 3.63) is 56.8 Å². The fourth-order valence-electron chi connectivity index (χ4n) is 3.43. The average Bonchev–Trinajstić information content (AvgIpc) is 3.02. The molecular weight excluding hydrogens is 344 g/mol. The summed E-state index contributed by atoms with van der Waals surface area (Å²) in [6.45, 7) is 7.33. The Kier molecular flexibility index (Phi) is 5.19. The van der Waals surface area contributed by atoms with Gasteiger partial charge >= 0.3 is 0 Å². The SMILES string of the molecule is CC(C)(C)[C@@H]1CCc2sc(C(=O)NCc3ccc(C(N)=O)cc3)cc2C1. The maximum absolute atomic E-state index is 12.5. The fourth-order valence-corrected chi connectivity index (χ4v) is 4.56. The number of primary amides is 1. The highest BCUT2D eigenvalue weighted by atomic mass is 32.1. The summed E-state index contributed by atoms with van der Waals surface area (Å²) in [6, 6.07) is 9.06. The minimum Gasteiger partial charge on any atom is -0.366 e. The molecule has 138 valence electrons. The van der Waals surface area contributed by atoms with Gasteiger partial charge in [-0.25, -0.2) is 0 Å². The minimum atomic E-state index is -0.446. The molecule has 2 aromatic rings. The van der Waals surface area contributed by atoms with Crippen molar-refractivity contribution in [2.24, 2.45) is 17.1 Å². The lowest BCUT2D eigenvalue weighted by molar-refractivity contribution is 0.0953. The van der Waals surface area contributed by atoms with Crippen molar-refractivity contribution in [2.45, 2.75) is 46.6 Å². The van der Waals surface area contributed by atoms with Gasteiger partial charge in [0.2, 0.25) is 5.91 Å². The van der Waals surface area contributed by atoms with Crippen molar-refractivity contribution in [3.63, 3.8) is 0 Å². The molecule has 1 heterocycles. The molecule has 4 nitrogen and oxygen atoms in total. The van der Waals surface area contributed by atoms with Crippen LogP contribution in [-0.2, 0) is 19.4 Å². The molecule has 0 aliphatic heterocycles. The zero-order chi connectivity index (χ0) is 18.9. The van der Waals surface area contributed by atoms with Gasteiger partial charge in [-0.3, -0.25) is 9.59 Å². The number of benzene rings is 1. The minimum absolute atomic E-state index is 0.0318. The van der Waals surface area contributed by atoms with Crippen molar-refractivity contribution in [1.29, 1.82) is 0 Å². The quantitative estimate of drug-likeness (QED) is 0.856. The highest BCUT2D eigenvalue weighted by Crippen LogP contribution is 2.40. The number of aryl methyl sites for hydroxylation is 1. The van der Waals surface area contributed by atoms with E-state index in [0.29, 0.717) is 23.4 Å². The second kappa shape index (κ2) is 7.23. The molecule has 0 saturated heterocycles. The van der Waals surface area contributed by atoms with E-state index >= 15 is 0 Å². The third-order valence-corrected chi connectivity index (χ3v) is 6.46. The summed E-state index contributed by atoms with van der Waals surface area (Å²) in [6.07, 6.45) is 3.34. The number of nitrogens with two attached hydrogens (primary N) is 1. The summed E-state index contributed by atoms with van der Waals surface area (Å²) in [5.74, 6) is 0.193. The number of hydrogen-bond donors (Lipinski definition) is 2. The lowest BCUT2D eigenvalue weighted by atomic mass is 9.72. The van der Waals surface area contributed by atoms with Crippen LogP contribution in [0.3, 0.4) is 0 Å². The molecule has 0 radical (unpaired) electrons. The Morgan fingerprint density at radius 1 is 1.23 bits per heavy atom. The summed E-state index contributed by atoms with van der Waals surface area (Å²) < 4.78 is 0. The molecule has 0 bridgehead atoms. The van der Waals surface area contributed by atoms with Crippen LogP contribution in [0.15, 0.2) is 30.3 Å². The number of hydrogen-bond acceptors (Lipinski definition) is 3. The van der Waals surface area contributed by atoms with Gasteiger partial charge in [0.25, 0.3) is 5.91 Å². The molecule has 5 heteroatoms. The van der Waals surface area contributed by atoms with E-state index in [1.165, 1.54) is 16.9 Å². The van der Waals surface area contributed by atoms with E-state index in [0.717, 1.165) is 23.3 Å². The topological polar surface area (TPSA) is 72.2 Å². The number of nitrogens with one attached hydrogen (secondary N) is 1. The van der Waals surface area contributed by atoms with Crippen LogP contribution in [-0.4, -0.2) is 11.8 Å². The summed E-state index contributed by atoms with van der Waals surface area (Å²) >= 11 is 1.62. The van der Waals surface area contributed by atoms with E-state index in [9.17, 15) is 9.59 Å². The lowest BCUT2D eigenvalue weighted by Crippen LogP contribution is -2.26. The Labute approximate surface area is 158 Å². The van der Waals surface area contributed by atoms with E-state index in [1.807, 2.05) is 12.1 Å². The van der Waals surface area contributed by atoms with Gasteiger partial charge in [-0.15, -0.1) is 11.3 Å². The van der Waals surface area contributed by atoms with Gasteiger partial charge < -0.3 is 11.1 Å². The van der Waals surface area contributed by atoms with Gasteiger partial charge in [-0.2, -0.15) is 0 Å². The van der Waals surface area contributed by atoms with Crippen molar-refractivity contribution in [3.8, 4) is 0 Å². The van der Waals surface area contributed by atoms with Gasteiger partial charge in [0.1, 0.15) is 0 Å². The molecule has 3 N–H and O–H groups in total. The van der Waals surface area contributed by atoms with Crippen molar-refractivity contribution in [2.75, 3.05) is 0 Å². The summed E-state index contributed by atoms with van der Waals surface area (Å²) in [5.41, 5.74) is 8.30. The van der Waals surface area contributed by atoms with Gasteiger partial charge in [0.05, 0.1) is 4.88 Å². The molecule has 3 rings (SSSR count). The molecule has 1 aliphatic rings. The lowest BCUT2D eigenvalue weighted by Gasteiger charge is -2.33. The molecule has 1 atom stereocenters. The fraction of sp³-hybridized carbons (Fsp3) is 0.429. The zero-order valence-electron chi connectivity index (χ0n) is 15.6. The Hall–Kier alpha value is -2.14. The molecule has 1 aromatic heterocycles. The number of rotatable bonds is 4. The highest BCUT2D eigenvalue weighted by Gasteiger charge is 2.30. The zero-order valence-corrected chi connectivity index (χ0v) is 16.4. The van der Waals surface area contributed by atoms with Crippen LogP contribution < -0.4 is 11.1 Å². The molecule has 0 fully saturated rings. The van der Waals surface area contributed by atoms with E-state index in [-0.39, 0.29) is 5.91 Å². The second-order valence-corrected chi connectivity index (χ2v) is 9.25. The number of carbonyl (C=O) groups is 2. The first-order chi connectivity index (χ1) is 12.2. The van der Waals surface area contributed by atoms with Crippen molar-refractivity contribution in [1.82, 2.24) is 5.32 Å². The number of fused-ring (bicyclic) bond motifs is 1. The van der Waals surface area contributed by atoms with Crippen LogP contribution in [0.25, 0.3) is 0 Å². The van der Waals surface area contributed by atoms with Gasteiger partial charge in [-0.1, -0.05) is 32.9 Å². The Bertz CT molecular complexity index is 816. The van der Waals surface area contributed by atoms with E-state index in [1.54, 1.807) is 23.5 Å². The van der Waals surface area contributed by atoms with Gasteiger partial charge in [-0.05, 0) is 59.9 Å². The molecule has 1 aliphatic carbocycles. The number of thiophene rings is 1. The van der Waals surface area contributed by atoms with Crippen LogP contribution >= 0.6 is 11.3 Å². The smallest absolute Gasteiger partial charge is 0.261 e. The third kappa shape index (κ3) is 4.15. The monoisotopic (exact) mass is 370 g/mol. The normalized spacial score (nSPS) is 16.8. The number of amides is 2. The maximum Gasteiger partial charge on any atom is 0.261 e. The first-order valence-electron chi connectivity index (χ1n) is 9.02. The van der Waals surface area contributed by atoms with E-state index in [4.69, 9.17) is 5.73 Å². The first kappa shape index (κ1) is 18.6. The molecule has 1 aromatic carbocycles. The van der Waals surface area contributed by atoms with Gasteiger partial charge in [0, 0.05) is 17.0 Å². The highest BCUT2D eigenvalue weighted by molar-refractivity contribution is 7.14. The van der Waals surface area contributed by atoms with Crippen molar-refractivity contribution < 1.29 is 9.59 Å². The van der Waals surface area contributed by atoms with Crippen LogP contribution in [0.5, 0.6) is 0 Å². The predicted molar refractivity (Wildman–Crippen MR) is 105 cm³/mol. The average molecular weight is 371 g/mol. The van der Waals surface area contributed by atoms with E-state index < -0.39 is 5.91 Å². The third-order valence-electron chi connectivity index (χ3n) is 5.22. The van der Waals surface area contributed by atoms with Crippen molar-refractivity contribution >= 4 is 23.2 Å². The van der Waals surface area contributed by atoms with Crippen LogP contribution in [0.4, 0.5) is 0 Å². The van der Waals surface area contributed by atoms with Gasteiger partial charge in [0.15, 0.2) is 0 Å². The standard InChI is InChI=1S/C21H26N2O2S/c1-21(2,3)16-8-9-17-15(10-16)11-18(26-17)20(25)23-12-13-4-6-14(7-5-13)19(22)24/h4-7,11,16H,8-10,12H2,1-3H3,(H2,22,24)(H,23,25)/t16-/m1/s1. The molecule has 0 unspecified atom stereocenters. The predicted octanol–water partition coefficient (Wildman–Crippen LogP) is 3.93. The van der Waals surface area contributed by atoms with Crippen LogP contribution in [0.2, 0.25) is 0 Å². The Morgan fingerprint density at radius 3 is 2.54 bits per heavy atom. The maximum atomic E-state index is 12.5. The Morgan fingerprint density at radius 2 is 1.92 bits per heavy atom. The molecule has 2 amide bonds. The van der Waals surface area contributed by atoms with Crippen LogP contribution in [0.1, 0.15) is 63.2 Å². The summed E-state index contributed by atoms with van der Waals surface area (Å²) in [7, 11) is 0. The molecule has 0 spiro atoms. The molecule has 0 saturated carbocycles. The first-order valence-corrected chi connectivity index (χ1v) is 9.84. The number of carbonyl (C=O) groups excluding carboxylic acids is 2. The second-order valence-electron chi connectivity index (χ2n) is 8.11. The van der Waals surface area contributed by atoms with Crippen LogP contribution in [0, 0.1) is 11.3 Å². The summed E-state index contributed by atoms with van der Waals surface area (Å²) in [4.78, 5) is 25.8. The summed E-state index contributed by atoms with van der Waals surface area (Å²) in [5, 5.41) is 2.97.